The molecule has 0 amide bonds. The Morgan fingerprint density at radius 1 is 1.33 bits per heavy atom. The highest BCUT2D eigenvalue weighted by Crippen LogP contribution is 2.32. The Bertz CT molecular complexity index is 490. The molecule has 1 aliphatic carbocycles. The van der Waals surface area contributed by atoms with Crippen LogP contribution in [0.4, 0.5) is 0 Å². The Labute approximate surface area is 149 Å². The van der Waals surface area contributed by atoms with Gasteiger partial charge in [0.05, 0.1) is 10.5 Å². The van der Waals surface area contributed by atoms with Gasteiger partial charge in [0, 0.05) is 11.6 Å². The van der Waals surface area contributed by atoms with Crippen molar-refractivity contribution in [1.82, 2.24) is 5.32 Å². The number of rotatable bonds is 6. The van der Waals surface area contributed by atoms with E-state index in [9.17, 15) is 10.1 Å². The molecular weight excluding hydrogens is 319 g/mol. The summed E-state index contributed by atoms with van der Waals surface area (Å²) in [6, 6.07) is 0. The third-order valence-electron chi connectivity index (χ3n) is 5.47. The maximum absolute atomic E-state index is 10.8. The van der Waals surface area contributed by atoms with E-state index in [1.54, 1.807) is 0 Å². The topological polar surface area (TPSA) is 55.2 Å². The maximum atomic E-state index is 10.8. The van der Waals surface area contributed by atoms with Crippen LogP contribution in [0.15, 0.2) is 24.4 Å². The number of allylic oxidation sites excluding steroid dienone is 1. The van der Waals surface area contributed by atoms with E-state index >= 15 is 0 Å². The van der Waals surface area contributed by atoms with E-state index in [1.807, 2.05) is 18.8 Å². The molecule has 3 unspecified atom stereocenters. The summed E-state index contributed by atoms with van der Waals surface area (Å²) in [5.74, 6) is 3.44. The summed E-state index contributed by atoms with van der Waals surface area (Å²) < 4.78 is 0. The van der Waals surface area contributed by atoms with Gasteiger partial charge in [0.1, 0.15) is 0 Å². The average Bonchev–Trinajstić information content (AvgIpc) is 2.56. The molecule has 1 N–H and O–H groups in total. The third-order valence-corrected chi connectivity index (χ3v) is 6.07. The number of hydrogen-bond donors (Lipinski definition) is 1. The van der Waals surface area contributed by atoms with Crippen LogP contribution in [0.5, 0.6) is 0 Å². The Balaban J connectivity index is 2.85. The van der Waals surface area contributed by atoms with Crippen LogP contribution < -0.4 is 5.32 Å². The largest absolute Gasteiger partial charge is 0.299 e. The summed E-state index contributed by atoms with van der Waals surface area (Å²) >= 11 is 0. The molecule has 1 saturated carbocycles. The van der Waals surface area contributed by atoms with E-state index in [1.165, 1.54) is 31.8 Å². The fourth-order valence-corrected chi connectivity index (χ4v) is 3.72. The molecule has 0 radical (unpaired) electrons. The van der Waals surface area contributed by atoms with Crippen molar-refractivity contribution in [3.05, 3.63) is 34.5 Å². The highest BCUT2D eigenvalue weighted by atomic mass is 31.0. The molecule has 4 nitrogen and oxygen atoms in total. The molecule has 0 bridgehead atoms. The Kier molecular flexibility index (Phi) is 7.82. The minimum absolute atomic E-state index is 0.0158. The average molecular weight is 352 g/mol. The van der Waals surface area contributed by atoms with Crippen molar-refractivity contribution in [2.75, 3.05) is 0 Å². The molecule has 0 aromatic heterocycles. The van der Waals surface area contributed by atoms with Gasteiger partial charge in [-0.1, -0.05) is 45.6 Å². The fraction of sp³-hybridized carbons (Fsp3) is 0.737. The molecule has 136 valence electrons. The Morgan fingerprint density at radius 3 is 2.25 bits per heavy atom. The van der Waals surface area contributed by atoms with E-state index in [2.05, 4.69) is 41.5 Å². The lowest BCUT2D eigenvalue weighted by Gasteiger charge is -2.39. The van der Waals surface area contributed by atoms with Crippen LogP contribution in [0, 0.1) is 22.0 Å². The molecule has 1 fully saturated rings. The quantitative estimate of drug-likeness (QED) is 0.316. The minimum Gasteiger partial charge on any atom is -0.299 e. The van der Waals surface area contributed by atoms with Crippen LogP contribution in [0.25, 0.3) is 0 Å². The zero-order valence-corrected chi connectivity index (χ0v) is 16.6. The van der Waals surface area contributed by atoms with Gasteiger partial charge >= 0.3 is 0 Å². The molecule has 5 heteroatoms. The number of nitrogens with zero attached hydrogens (tertiary/aromatic N) is 1. The van der Waals surface area contributed by atoms with Crippen molar-refractivity contribution in [3.8, 4) is 0 Å². The van der Waals surface area contributed by atoms with Crippen molar-refractivity contribution < 1.29 is 4.92 Å². The van der Waals surface area contributed by atoms with Gasteiger partial charge in [0.2, 0.25) is 0 Å². The lowest BCUT2D eigenvalue weighted by molar-refractivity contribution is -0.418. The Morgan fingerprint density at radius 2 is 1.83 bits per heavy atom. The van der Waals surface area contributed by atoms with Crippen molar-refractivity contribution in [1.29, 1.82) is 0 Å². The van der Waals surface area contributed by atoms with E-state index < -0.39 is 10.5 Å². The van der Waals surface area contributed by atoms with Crippen molar-refractivity contribution >= 4 is 14.7 Å². The van der Waals surface area contributed by atoms with E-state index in [0.717, 1.165) is 24.7 Å². The first-order valence-electron chi connectivity index (χ1n) is 8.94. The van der Waals surface area contributed by atoms with Crippen molar-refractivity contribution in [2.45, 2.75) is 77.3 Å². The summed E-state index contributed by atoms with van der Waals surface area (Å²) in [5.41, 5.74) is -0.545. The fourth-order valence-electron chi connectivity index (χ4n) is 3.55. The highest BCUT2D eigenvalue weighted by Gasteiger charge is 2.32. The first-order chi connectivity index (χ1) is 11.1. The standard InChI is InChI=1S/C19H33N2O2P/c1-15-8-6-11-18(4,12-7-9-16(15)2)20-19(5,14-24)13-10-17(3)21(22)23/h10,13-16,20,24H,3,6-9,11-12H2,1-2,4-5H3/b13-10-. The maximum Gasteiger partial charge on any atom is 0.262 e. The van der Waals surface area contributed by atoms with E-state index in [4.69, 9.17) is 0 Å². The summed E-state index contributed by atoms with van der Waals surface area (Å²) in [5, 5.41) is 14.5. The summed E-state index contributed by atoms with van der Waals surface area (Å²) in [4.78, 5) is 10.3. The van der Waals surface area contributed by atoms with Crippen molar-refractivity contribution in [2.24, 2.45) is 11.8 Å². The van der Waals surface area contributed by atoms with E-state index in [0.29, 0.717) is 0 Å². The SMILES string of the molecule is C=C(/C=C\C(C)(C=P)NC1(C)CCCC(C)C(C)CCC1)[N+](=O)[O-]. The number of nitrogens with one attached hydrogen (secondary N) is 1. The molecular formula is C19H33N2O2P. The van der Waals surface area contributed by atoms with Crippen molar-refractivity contribution in [3.63, 3.8) is 0 Å². The summed E-state index contributed by atoms with van der Waals surface area (Å²) in [6.45, 7) is 12.5. The van der Waals surface area contributed by atoms with Crippen LogP contribution >= 0.6 is 8.86 Å². The predicted molar refractivity (Wildman–Crippen MR) is 106 cm³/mol. The molecule has 1 aliphatic rings. The first-order valence-corrected chi connectivity index (χ1v) is 9.52. The van der Waals surface area contributed by atoms with Gasteiger partial charge in [-0.2, -0.15) is 0 Å². The molecule has 0 spiro atoms. The van der Waals surface area contributed by atoms with Gasteiger partial charge in [-0.05, 0) is 50.9 Å². The van der Waals surface area contributed by atoms with E-state index in [-0.39, 0.29) is 11.2 Å². The number of nitro groups is 1. The lowest BCUT2D eigenvalue weighted by Crippen LogP contribution is -2.55. The minimum atomic E-state index is -0.463. The van der Waals surface area contributed by atoms with Gasteiger partial charge in [-0.15, -0.1) is 8.86 Å². The molecule has 0 aromatic rings. The second-order valence-electron chi connectivity index (χ2n) is 7.93. The zero-order chi connectivity index (χ0) is 18.4. The molecule has 0 saturated heterocycles. The summed E-state index contributed by atoms with van der Waals surface area (Å²) in [6.07, 6.45) is 10.5. The molecule has 0 aliphatic heterocycles. The van der Waals surface area contributed by atoms with Gasteiger partial charge in [0.25, 0.3) is 5.70 Å². The molecule has 0 aromatic carbocycles. The normalized spacial score (nSPS) is 31.5. The van der Waals surface area contributed by atoms with Crippen LogP contribution in [0.1, 0.15) is 66.2 Å². The predicted octanol–water partition coefficient (Wildman–Crippen LogP) is 5.01. The van der Waals surface area contributed by atoms with Gasteiger partial charge in [-0.3, -0.25) is 15.4 Å². The second-order valence-corrected chi connectivity index (χ2v) is 8.22. The third kappa shape index (κ3) is 6.49. The van der Waals surface area contributed by atoms with Gasteiger partial charge in [-0.25, -0.2) is 0 Å². The zero-order valence-electron chi connectivity index (χ0n) is 15.6. The van der Waals surface area contributed by atoms with Gasteiger partial charge < -0.3 is 0 Å². The van der Waals surface area contributed by atoms with Gasteiger partial charge in [0.15, 0.2) is 0 Å². The molecule has 24 heavy (non-hydrogen) atoms. The molecule has 0 heterocycles. The smallest absolute Gasteiger partial charge is 0.262 e. The van der Waals surface area contributed by atoms with Crippen LogP contribution in [0.3, 0.4) is 0 Å². The van der Waals surface area contributed by atoms with Crippen LogP contribution in [0.2, 0.25) is 0 Å². The molecule has 3 atom stereocenters. The first kappa shape index (κ1) is 21.1. The molecule has 1 rings (SSSR count). The monoisotopic (exact) mass is 352 g/mol. The Hall–Kier alpha value is -0.990. The lowest BCUT2D eigenvalue weighted by atomic mass is 9.86. The van der Waals surface area contributed by atoms with Crippen LogP contribution in [-0.4, -0.2) is 21.8 Å². The number of hydrogen-bond acceptors (Lipinski definition) is 3. The second kappa shape index (κ2) is 8.92. The summed E-state index contributed by atoms with van der Waals surface area (Å²) in [7, 11) is 3.49. The van der Waals surface area contributed by atoms with Crippen LogP contribution in [-0.2, 0) is 0 Å². The highest BCUT2D eigenvalue weighted by molar-refractivity contribution is 7.18.